The summed E-state index contributed by atoms with van der Waals surface area (Å²) in [4.78, 5) is 4.45. The second-order valence-electron chi connectivity index (χ2n) is 6.74. The van der Waals surface area contributed by atoms with Crippen molar-refractivity contribution in [2.24, 2.45) is 5.92 Å². The van der Waals surface area contributed by atoms with Crippen LogP contribution < -0.4 is 5.32 Å². The van der Waals surface area contributed by atoms with Gasteiger partial charge in [0.1, 0.15) is 5.82 Å². The molecule has 0 bridgehead atoms. The van der Waals surface area contributed by atoms with Crippen LogP contribution in [0, 0.1) is 5.92 Å². The van der Waals surface area contributed by atoms with Crippen LogP contribution in [0.1, 0.15) is 32.6 Å². The molecule has 0 unspecified atom stereocenters. The summed E-state index contributed by atoms with van der Waals surface area (Å²) in [6.45, 7) is 2.34. The Bertz CT molecular complexity index is 849. The van der Waals surface area contributed by atoms with Gasteiger partial charge in [-0.3, -0.25) is 0 Å². The molecule has 5 heteroatoms. The molecule has 3 aromatic rings. The lowest BCUT2D eigenvalue weighted by Gasteiger charge is -2.27. The number of aromatic nitrogens is 3. The van der Waals surface area contributed by atoms with Gasteiger partial charge >= 0.3 is 0 Å². The molecular weight excluding hydrogens is 320 g/mol. The van der Waals surface area contributed by atoms with Crippen LogP contribution in [0.15, 0.2) is 42.6 Å². The van der Waals surface area contributed by atoms with Crippen LogP contribution in [0.5, 0.6) is 0 Å². The highest BCUT2D eigenvalue weighted by molar-refractivity contribution is 6.30. The minimum absolute atomic E-state index is 0.518. The van der Waals surface area contributed by atoms with Crippen LogP contribution >= 0.6 is 11.6 Å². The highest BCUT2D eigenvalue weighted by Crippen LogP contribution is 2.27. The number of rotatable bonds is 3. The molecule has 0 saturated heterocycles. The van der Waals surface area contributed by atoms with Gasteiger partial charge in [-0.25, -0.2) is 9.50 Å². The van der Waals surface area contributed by atoms with Gasteiger partial charge in [-0.05, 0) is 55.9 Å². The van der Waals surface area contributed by atoms with E-state index in [1.165, 1.54) is 25.7 Å². The molecule has 4 nitrogen and oxygen atoms in total. The summed E-state index contributed by atoms with van der Waals surface area (Å²) in [5.74, 6) is 1.75. The smallest absolute Gasteiger partial charge is 0.154 e. The van der Waals surface area contributed by atoms with Gasteiger partial charge in [-0.1, -0.05) is 30.7 Å². The van der Waals surface area contributed by atoms with Gasteiger partial charge in [0.05, 0.1) is 11.9 Å². The largest absolute Gasteiger partial charge is 0.366 e. The number of imidazole rings is 1. The third kappa shape index (κ3) is 3.11. The van der Waals surface area contributed by atoms with Crippen LogP contribution in [-0.2, 0) is 0 Å². The molecule has 0 aliphatic heterocycles. The summed E-state index contributed by atoms with van der Waals surface area (Å²) in [7, 11) is 0. The lowest BCUT2D eigenvalue weighted by molar-refractivity contribution is 0.360. The lowest BCUT2D eigenvalue weighted by Crippen LogP contribution is -2.25. The summed E-state index contributed by atoms with van der Waals surface area (Å²) in [5.41, 5.74) is 2.81. The number of nitrogens with zero attached hydrogens (tertiary/aromatic N) is 3. The molecule has 0 atom stereocenters. The predicted molar refractivity (Wildman–Crippen MR) is 98.5 cm³/mol. The first-order valence-electron chi connectivity index (χ1n) is 8.56. The van der Waals surface area contributed by atoms with Gasteiger partial charge in [0.2, 0.25) is 0 Å². The zero-order chi connectivity index (χ0) is 16.5. The molecule has 1 N–H and O–H groups in total. The summed E-state index contributed by atoms with van der Waals surface area (Å²) in [6.07, 6.45) is 6.86. The molecular formula is C19H21ClN4. The number of fused-ring (bicyclic) bond motifs is 1. The fourth-order valence-electron chi connectivity index (χ4n) is 3.41. The second kappa shape index (κ2) is 6.44. The van der Waals surface area contributed by atoms with Gasteiger partial charge in [0, 0.05) is 16.6 Å². The first-order chi connectivity index (χ1) is 11.7. The molecule has 1 fully saturated rings. The Morgan fingerprint density at radius 3 is 2.75 bits per heavy atom. The standard InChI is InChI=1S/C19H21ClN4/c1-13-5-7-16(8-6-13)22-18-9-10-19-21-12-17(24(19)23-18)14-3-2-4-15(20)11-14/h2-4,9-13,16H,5-8H2,1H3,(H,22,23). The van der Waals surface area contributed by atoms with Gasteiger partial charge in [0.15, 0.2) is 5.65 Å². The third-order valence-corrected chi connectivity index (χ3v) is 5.09. The van der Waals surface area contributed by atoms with Gasteiger partial charge in [-0.15, -0.1) is 5.10 Å². The topological polar surface area (TPSA) is 42.2 Å². The minimum atomic E-state index is 0.518. The van der Waals surface area contributed by atoms with Crippen molar-refractivity contribution in [1.82, 2.24) is 14.6 Å². The Hall–Kier alpha value is -2.07. The SMILES string of the molecule is CC1CCC(Nc2ccc3ncc(-c4cccc(Cl)c4)n3n2)CC1. The summed E-state index contributed by atoms with van der Waals surface area (Å²) in [5, 5.41) is 9.06. The summed E-state index contributed by atoms with van der Waals surface area (Å²) < 4.78 is 1.89. The van der Waals surface area contributed by atoms with Crippen LogP contribution in [0.4, 0.5) is 5.82 Å². The number of benzene rings is 1. The highest BCUT2D eigenvalue weighted by atomic mass is 35.5. The molecule has 0 spiro atoms. The molecule has 124 valence electrons. The second-order valence-corrected chi connectivity index (χ2v) is 7.18. The molecule has 1 aliphatic rings. The van der Waals surface area contributed by atoms with Crippen LogP contribution in [0.25, 0.3) is 16.9 Å². The van der Waals surface area contributed by atoms with E-state index < -0.39 is 0 Å². The predicted octanol–water partition coefficient (Wildman–Crippen LogP) is 5.04. The first-order valence-corrected chi connectivity index (χ1v) is 8.94. The van der Waals surface area contributed by atoms with Crippen molar-refractivity contribution in [1.29, 1.82) is 0 Å². The van der Waals surface area contributed by atoms with Crippen LogP contribution in [0.3, 0.4) is 0 Å². The maximum absolute atomic E-state index is 6.12. The fourth-order valence-corrected chi connectivity index (χ4v) is 3.60. The molecule has 0 radical (unpaired) electrons. The molecule has 1 aliphatic carbocycles. The van der Waals surface area contributed by atoms with Crippen molar-refractivity contribution in [3.8, 4) is 11.3 Å². The molecule has 4 rings (SSSR count). The zero-order valence-corrected chi connectivity index (χ0v) is 14.5. The number of hydrogen-bond acceptors (Lipinski definition) is 3. The highest BCUT2D eigenvalue weighted by Gasteiger charge is 2.18. The Labute approximate surface area is 146 Å². The number of halogens is 1. The molecule has 24 heavy (non-hydrogen) atoms. The zero-order valence-electron chi connectivity index (χ0n) is 13.7. The van der Waals surface area contributed by atoms with Crippen molar-refractivity contribution in [3.05, 3.63) is 47.6 Å². The van der Waals surface area contributed by atoms with Gasteiger partial charge in [0.25, 0.3) is 0 Å². The van der Waals surface area contributed by atoms with E-state index in [1.54, 1.807) is 0 Å². The minimum Gasteiger partial charge on any atom is -0.366 e. The van der Waals surface area contributed by atoms with E-state index in [0.717, 1.165) is 28.6 Å². The average molecular weight is 341 g/mol. The van der Waals surface area contributed by atoms with Crippen molar-refractivity contribution in [2.45, 2.75) is 38.6 Å². The third-order valence-electron chi connectivity index (χ3n) is 4.85. The van der Waals surface area contributed by atoms with E-state index >= 15 is 0 Å². The van der Waals surface area contributed by atoms with Crippen LogP contribution in [0.2, 0.25) is 5.02 Å². The Balaban J connectivity index is 1.63. The van der Waals surface area contributed by atoms with Crippen molar-refractivity contribution in [3.63, 3.8) is 0 Å². The molecule has 2 heterocycles. The fraction of sp³-hybridized carbons (Fsp3) is 0.368. The van der Waals surface area contributed by atoms with Gasteiger partial charge < -0.3 is 5.32 Å². The first kappa shape index (κ1) is 15.5. The maximum atomic E-state index is 6.12. The lowest BCUT2D eigenvalue weighted by atomic mass is 9.87. The molecule has 1 saturated carbocycles. The quantitative estimate of drug-likeness (QED) is 0.726. The van der Waals surface area contributed by atoms with E-state index in [0.29, 0.717) is 11.1 Å². The van der Waals surface area contributed by atoms with Crippen LogP contribution in [-0.4, -0.2) is 20.6 Å². The van der Waals surface area contributed by atoms with Crippen molar-refractivity contribution in [2.75, 3.05) is 5.32 Å². The molecule has 1 aromatic carbocycles. The van der Waals surface area contributed by atoms with E-state index in [2.05, 4.69) is 17.2 Å². The monoisotopic (exact) mass is 340 g/mol. The molecule has 2 aromatic heterocycles. The summed E-state index contributed by atoms with van der Waals surface area (Å²) in [6, 6.07) is 12.3. The van der Waals surface area contributed by atoms with E-state index in [9.17, 15) is 0 Å². The van der Waals surface area contributed by atoms with Gasteiger partial charge in [-0.2, -0.15) is 0 Å². The number of anilines is 1. The molecule has 0 amide bonds. The maximum Gasteiger partial charge on any atom is 0.154 e. The average Bonchev–Trinajstić information content (AvgIpc) is 3.00. The number of hydrogen-bond donors (Lipinski definition) is 1. The Morgan fingerprint density at radius 2 is 1.96 bits per heavy atom. The Morgan fingerprint density at radius 1 is 1.12 bits per heavy atom. The normalized spacial score (nSPS) is 21.1. The van der Waals surface area contributed by atoms with E-state index in [-0.39, 0.29) is 0 Å². The van der Waals surface area contributed by atoms with E-state index in [1.807, 2.05) is 47.1 Å². The Kier molecular flexibility index (Phi) is 4.15. The van der Waals surface area contributed by atoms with Crippen molar-refractivity contribution < 1.29 is 0 Å². The summed E-state index contributed by atoms with van der Waals surface area (Å²) >= 11 is 6.12. The van der Waals surface area contributed by atoms with Crippen molar-refractivity contribution >= 4 is 23.1 Å². The number of nitrogens with one attached hydrogen (secondary N) is 1. The van der Waals surface area contributed by atoms with E-state index in [4.69, 9.17) is 16.7 Å².